The molecule has 1 aliphatic heterocycles. The third-order valence-corrected chi connectivity index (χ3v) is 4.67. The van der Waals surface area contributed by atoms with Gasteiger partial charge in [0, 0.05) is 0 Å². The Morgan fingerprint density at radius 1 is 1.21 bits per heavy atom. The fraction of sp³-hybridized carbons (Fsp3) is 0.867. The van der Waals surface area contributed by atoms with Crippen LogP contribution in [0, 0.1) is 5.92 Å². The summed E-state index contributed by atoms with van der Waals surface area (Å²) < 4.78 is 0. The number of carbonyl (C=O) groups excluding carboxylic acids is 2. The molecule has 0 radical (unpaired) electrons. The predicted octanol–water partition coefficient (Wildman–Crippen LogP) is 1.73. The van der Waals surface area contributed by atoms with Crippen LogP contribution in [0.4, 0.5) is 0 Å². The monoisotopic (exact) mass is 266 g/mol. The standard InChI is InChI=1S/C15H26N2O2/c1-11(18)13(10-12-6-3-4-7-12)16-15(19)14-8-5-9-17(14)2/h12-14H,3-10H2,1-2H3,(H,16,19). The molecule has 0 bridgehead atoms. The molecular weight excluding hydrogens is 240 g/mol. The molecule has 1 aliphatic carbocycles. The Hall–Kier alpha value is -0.900. The van der Waals surface area contributed by atoms with Gasteiger partial charge < -0.3 is 5.32 Å². The van der Waals surface area contributed by atoms with Gasteiger partial charge in [-0.15, -0.1) is 0 Å². The van der Waals surface area contributed by atoms with Crippen molar-refractivity contribution in [1.82, 2.24) is 10.2 Å². The van der Waals surface area contributed by atoms with Crippen LogP contribution < -0.4 is 5.32 Å². The van der Waals surface area contributed by atoms with Gasteiger partial charge in [-0.2, -0.15) is 0 Å². The van der Waals surface area contributed by atoms with Crippen LogP contribution in [0.1, 0.15) is 51.9 Å². The van der Waals surface area contributed by atoms with E-state index in [0.717, 1.165) is 25.8 Å². The lowest BCUT2D eigenvalue weighted by atomic mass is 9.96. The van der Waals surface area contributed by atoms with Crippen LogP contribution >= 0.6 is 0 Å². The van der Waals surface area contributed by atoms with E-state index in [1.54, 1.807) is 6.92 Å². The Morgan fingerprint density at radius 3 is 2.42 bits per heavy atom. The van der Waals surface area contributed by atoms with Crippen molar-refractivity contribution >= 4 is 11.7 Å². The second-order valence-corrected chi connectivity index (χ2v) is 6.20. The van der Waals surface area contributed by atoms with Gasteiger partial charge in [0.25, 0.3) is 0 Å². The number of nitrogens with one attached hydrogen (secondary N) is 1. The van der Waals surface area contributed by atoms with E-state index in [1.165, 1.54) is 25.7 Å². The lowest BCUT2D eigenvalue weighted by Crippen LogP contribution is -2.48. The summed E-state index contributed by atoms with van der Waals surface area (Å²) in [7, 11) is 1.98. The highest BCUT2D eigenvalue weighted by molar-refractivity contribution is 5.89. The molecule has 2 fully saturated rings. The average Bonchev–Trinajstić information content (AvgIpc) is 2.99. The Morgan fingerprint density at radius 2 is 1.89 bits per heavy atom. The molecule has 0 spiro atoms. The van der Waals surface area contributed by atoms with Gasteiger partial charge in [0.2, 0.25) is 5.91 Å². The van der Waals surface area contributed by atoms with Gasteiger partial charge >= 0.3 is 0 Å². The number of nitrogens with zero attached hydrogens (tertiary/aromatic N) is 1. The second-order valence-electron chi connectivity index (χ2n) is 6.20. The SMILES string of the molecule is CC(=O)C(CC1CCCC1)NC(=O)C1CCCN1C. The minimum absolute atomic E-state index is 0.0366. The zero-order chi connectivity index (χ0) is 13.8. The van der Waals surface area contributed by atoms with Crippen molar-refractivity contribution in [3.63, 3.8) is 0 Å². The molecule has 1 N–H and O–H groups in total. The molecule has 1 saturated carbocycles. The fourth-order valence-corrected chi connectivity index (χ4v) is 3.42. The first-order valence-electron chi connectivity index (χ1n) is 7.59. The molecule has 0 aromatic rings. The van der Waals surface area contributed by atoms with E-state index in [0.29, 0.717) is 5.92 Å². The first-order valence-corrected chi connectivity index (χ1v) is 7.59. The van der Waals surface area contributed by atoms with Gasteiger partial charge in [0.15, 0.2) is 5.78 Å². The lowest BCUT2D eigenvalue weighted by molar-refractivity contribution is -0.129. The minimum atomic E-state index is -0.274. The van der Waals surface area contributed by atoms with Crippen LogP contribution in [0.5, 0.6) is 0 Å². The zero-order valence-corrected chi connectivity index (χ0v) is 12.2. The molecule has 1 amide bonds. The number of likely N-dealkylation sites (N-methyl/N-ethyl adjacent to an activating group) is 1. The Bertz CT molecular complexity index is 337. The third kappa shape index (κ3) is 3.78. The number of ketones is 1. The van der Waals surface area contributed by atoms with E-state index in [4.69, 9.17) is 0 Å². The van der Waals surface area contributed by atoms with Crippen molar-refractivity contribution in [3.8, 4) is 0 Å². The van der Waals surface area contributed by atoms with Crippen LogP contribution in [0.3, 0.4) is 0 Å². The quantitative estimate of drug-likeness (QED) is 0.824. The smallest absolute Gasteiger partial charge is 0.237 e. The number of amides is 1. The van der Waals surface area contributed by atoms with Crippen LogP contribution in [0.2, 0.25) is 0 Å². The Labute approximate surface area is 115 Å². The number of hydrogen-bond acceptors (Lipinski definition) is 3. The number of rotatable bonds is 5. The topological polar surface area (TPSA) is 49.4 Å². The normalized spacial score (nSPS) is 26.5. The van der Waals surface area contributed by atoms with E-state index in [1.807, 2.05) is 7.05 Å². The number of hydrogen-bond donors (Lipinski definition) is 1. The Kier molecular flexibility index (Phi) is 4.97. The van der Waals surface area contributed by atoms with Gasteiger partial charge in [0.05, 0.1) is 12.1 Å². The van der Waals surface area contributed by atoms with E-state index in [-0.39, 0.29) is 23.8 Å². The molecule has 1 heterocycles. The van der Waals surface area contributed by atoms with Gasteiger partial charge in [-0.25, -0.2) is 0 Å². The third-order valence-electron chi connectivity index (χ3n) is 4.67. The second kappa shape index (κ2) is 6.51. The molecule has 4 heteroatoms. The molecule has 0 aromatic carbocycles. The molecule has 19 heavy (non-hydrogen) atoms. The molecule has 108 valence electrons. The molecule has 2 aliphatic rings. The van der Waals surface area contributed by atoms with E-state index >= 15 is 0 Å². The fourth-order valence-electron chi connectivity index (χ4n) is 3.42. The highest BCUT2D eigenvalue weighted by atomic mass is 16.2. The molecule has 1 saturated heterocycles. The summed E-state index contributed by atoms with van der Waals surface area (Å²) in [6.45, 7) is 2.57. The van der Waals surface area contributed by atoms with Crippen molar-refractivity contribution in [3.05, 3.63) is 0 Å². The maximum atomic E-state index is 12.2. The van der Waals surface area contributed by atoms with Gasteiger partial charge in [-0.3, -0.25) is 14.5 Å². The lowest BCUT2D eigenvalue weighted by Gasteiger charge is -2.24. The van der Waals surface area contributed by atoms with Crippen molar-refractivity contribution in [2.75, 3.05) is 13.6 Å². The van der Waals surface area contributed by atoms with E-state index in [2.05, 4.69) is 10.2 Å². The number of carbonyl (C=O) groups is 2. The largest absolute Gasteiger partial charge is 0.345 e. The summed E-state index contributed by atoms with van der Waals surface area (Å²) in [6.07, 6.45) is 7.78. The highest BCUT2D eigenvalue weighted by Crippen LogP contribution is 2.29. The summed E-state index contributed by atoms with van der Waals surface area (Å²) >= 11 is 0. The molecule has 2 atom stereocenters. The van der Waals surface area contributed by atoms with Gasteiger partial charge in [-0.1, -0.05) is 25.7 Å². The summed E-state index contributed by atoms with van der Waals surface area (Å²) in [5, 5.41) is 2.99. The van der Waals surface area contributed by atoms with E-state index in [9.17, 15) is 9.59 Å². The first kappa shape index (κ1) is 14.5. The van der Waals surface area contributed by atoms with Gasteiger partial charge in [0.1, 0.15) is 0 Å². The van der Waals surface area contributed by atoms with E-state index < -0.39 is 0 Å². The maximum Gasteiger partial charge on any atom is 0.237 e. The summed E-state index contributed by atoms with van der Waals surface area (Å²) in [6, 6.07) is -0.310. The summed E-state index contributed by atoms with van der Waals surface area (Å²) in [5.74, 6) is 0.759. The van der Waals surface area contributed by atoms with Crippen molar-refractivity contribution < 1.29 is 9.59 Å². The maximum absolute atomic E-state index is 12.2. The van der Waals surface area contributed by atoms with Crippen molar-refractivity contribution in [1.29, 1.82) is 0 Å². The molecular formula is C15H26N2O2. The number of likely N-dealkylation sites (tertiary alicyclic amines) is 1. The summed E-state index contributed by atoms with van der Waals surface area (Å²) in [4.78, 5) is 26.1. The van der Waals surface area contributed by atoms with Crippen LogP contribution in [0.25, 0.3) is 0 Å². The molecule has 0 aromatic heterocycles. The number of Topliss-reactive ketones (excluding diaryl/α,β-unsaturated/α-hetero) is 1. The molecule has 4 nitrogen and oxygen atoms in total. The molecule has 2 rings (SSSR count). The zero-order valence-electron chi connectivity index (χ0n) is 12.2. The molecule has 2 unspecified atom stereocenters. The minimum Gasteiger partial charge on any atom is -0.345 e. The summed E-state index contributed by atoms with van der Waals surface area (Å²) in [5.41, 5.74) is 0. The van der Waals surface area contributed by atoms with Crippen LogP contribution in [0.15, 0.2) is 0 Å². The average molecular weight is 266 g/mol. The van der Waals surface area contributed by atoms with Crippen LogP contribution in [-0.2, 0) is 9.59 Å². The van der Waals surface area contributed by atoms with Gasteiger partial charge in [-0.05, 0) is 45.7 Å². The van der Waals surface area contributed by atoms with Crippen molar-refractivity contribution in [2.45, 2.75) is 64.0 Å². The Balaban J connectivity index is 1.88. The predicted molar refractivity (Wildman–Crippen MR) is 74.8 cm³/mol. The highest BCUT2D eigenvalue weighted by Gasteiger charge is 2.31. The van der Waals surface area contributed by atoms with Crippen molar-refractivity contribution in [2.24, 2.45) is 5.92 Å². The first-order chi connectivity index (χ1) is 9.08. The van der Waals surface area contributed by atoms with Crippen LogP contribution in [-0.4, -0.2) is 42.3 Å².